The second kappa shape index (κ2) is 10.8. The number of carbonyl (C=O) groups is 3. The molecule has 8 nitrogen and oxygen atoms in total. The molecule has 3 rings (SSSR count). The number of rotatable bonds is 9. The van der Waals surface area contributed by atoms with Gasteiger partial charge in [0, 0.05) is 24.3 Å². The van der Waals surface area contributed by atoms with E-state index in [1.165, 1.54) is 31.4 Å². The van der Waals surface area contributed by atoms with Crippen LogP contribution in [-0.4, -0.2) is 36.9 Å². The van der Waals surface area contributed by atoms with E-state index in [2.05, 4.69) is 16.0 Å². The van der Waals surface area contributed by atoms with Gasteiger partial charge in [-0.1, -0.05) is 12.1 Å². The first kappa shape index (κ1) is 22.5. The average Bonchev–Trinajstić information content (AvgIpc) is 3.33. The van der Waals surface area contributed by atoms with E-state index in [1.807, 2.05) is 0 Å². The van der Waals surface area contributed by atoms with Crippen LogP contribution in [-0.2, 0) is 4.79 Å². The number of furan rings is 1. The van der Waals surface area contributed by atoms with Crippen LogP contribution in [0.3, 0.4) is 0 Å². The summed E-state index contributed by atoms with van der Waals surface area (Å²) in [6.07, 6.45) is 0.478. The summed E-state index contributed by atoms with van der Waals surface area (Å²) in [7, 11) is 0. The lowest BCUT2D eigenvalue weighted by molar-refractivity contribution is -0.122. The van der Waals surface area contributed by atoms with E-state index in [4.69, 9.17) is 9.15 Å². The minimum atomic E-state index is -0.925. The molecular weight excluding hydrogens is 417 g/mol. The fourth-order valence-electron chi connectivity index (χ4n) is 2.68. The standard InChI is InChI=1S/C23H22FN3O5/c1-15(32-19-6-3-2-5-18(19)24)21(28)27-17-10-8-16(9-11-17)22(29)25-12-13-26-23(30)20-7-4-14-31-20/h2-11,14-15H,12-13H2,1H3,(H,25,29)(H,26,30)(H,27,28). The van der Waals surface area contributed by atoms with E-state index in [0.29, 0.717) is 11.3 Å². The van der Waals surface area contributed by atoms with Gasteiger partial charge < -0.3 is 25.1 Å². The summed E-state index contributed by atoms with van der Waals surface area (Å²) < 4.78 is 24.0. The molecule has 3 amide bonds. The number of benzene rings is 2. The van der Waals surface area contributed by atoms with Crippen molar-refractivity contribution >= 4 is 23.4 Å². The zero-order valence-electron chi connectivity index (χ0n) is 17.3. The normalized spacial score (nSPS) is 11.3. The van der Waals surface area contributed by atoms with Crippen molar-refractivity contribution in [1.29, 1.82) is 0 Å². The van der Waals surface area contributed by atoms with E-state index >= 15 is 0 Å². The van der Waals surface area contributed by atoms with Gasteiger partial charge in [0.05, 0.1) is 6.26 Å². The van der Waals surface area contributed by atoms with E-state index in [-0.39, 0.29) is 36.4 Å². The summed E-state index contributed by atoms with van der Waals surface area (Å²) in [5, 5.41) is 7.96. The van der Waals surface area contributed by atoms with Gasteiger partial charge in [-0.25, -0.2) is 4.39 Å². The van der Waals surface area contributed by atoms with Crippen molar-refractivity contribution in [2.75, 3.05) is 18.4 Å². The van der Waals surface area contributed by atoms with Gasteiger partial charge in [0.2, 0.25) is 0 Å². The van der Waals surface area contributed by atoms with Gasteiger partial charge in [-0.3, -0.25) is 14.4 Å². The summed E-state index contributed by atoms with van der Waals surface area (Å²) in [5.74, 6) is -1.52. The summed E-state index contributed by atoms with van der Waals surface area (Å²) in [6, 6.07) is 15.2. The highest BCUT2D eigenvalue weighted by atomic mass is 19.1. The first-order chi connectivity index (χ1) is 15.4. The van der Waals surface area contributed by atoms with Crippen LogP contribution in [0.1, 0.15) is 27.8 Å². The lowest BCUT2D eigenvalue weighted by Crippen LogP contribution is -2.34. The number of anilines is 1. The molecule has 0 fully saturated rings. The lowest BCUT2D eigenvalue weighted by atomic mass is 10.2. The first-order valence-corrected chi connectivity index (χ1v) is 9.86. The SMILES string of the molecule is CC(Oc1ccccc1F)C(=O)Nc1ccc(C(=O)NCCNC(=O)c2ccco2)cc1. The minimum Gasteiger partial charge on any atom is -0.478 e. The Morgan fingerprint density at radius 1 is 0.938 bits per heavy atom. The second-order valence-corrected chi connectivity index (χ2v) is 6.75. The third-order valence-corrected chi connectivity index (χ3v) is 4.37. The van der Waals surface area contributed by atoms with Gasteiger partial charge >= 0.3 is 0 Å². The van der Waals surface area contributed by atoms with Crippen LogP contribution in [0.25, 0.3) is 0 Å². The van der Waals surface area contributed by atoms with Crippen LogP contribution in [0.2, 0.25) is 0 Å². The fourth-order valence-corrected chi connectivity index (χ4v) is 2.68. The summed E-state index contributed by atoms with van der Waals surface area (Å²) >= 11 is 0. The number of amides is 3. The monoisotopic (exact) mass is 439 g/mol. The van der Waals surface area contributed by atoms with Crippen molar-refractivity contribution < 1.29 is 27.9 Å². The molecule has 1 aromatic heterocycles. The Hall–Kier alpha value is -4.14. The first-order valence-electron chi connectivity index (χ1n) is 9.86. The lowest BCUT2D eigenvalue weighted by Gasteiger charge is -2.15. The number of hydrogen-bond acceptors (Lipinski definition) is 5. The van der Waals surface area contributed by atoms with Crippen LogP contribution < -0.4 is 20.7 Å². The number of hydrogen-bond donors (Lipinski definition) is 3. The molecule has 0 saturated heterocycles. The van der Waals surface area contributed by atoms with Crippen LogP contribution in [0.4, 0.5) is 10.1 Å². The number of halogens is 1. The average molecular weight is 439 g/mol. The number of nitrogens with one attached hydrogen (secondary N) is 3. The van der Waals surface area contributed by atoms with Gasteiger partial charge in [-0.05, 0) is 55.5 Å². The van der Waals surface area contributed by atoms with E-state index in [1.54, 1.807) is 42.5 Å². The Kier molecular flexibility index (Phi) is 7.58. The van der Waals surface area contributed by atoms with E-state index in [9.17, 15) is 18.8 Å². The summed E-state index contributed by atoms with van der Waals surface area (Å²) in [5.41, 5.74) is 0.845. The van der Waals surface area contributed by atoms with Crippen molar-refractivity contribution in [3.63, 3.8) is 0 Å². The molecule has 3 N–H and O–H groups in total. The van der Waals surface area contributed by atoms with Gasteiger partial charge in [-0.2, -0.15) is 0 Å². The second-order valence-electron chi connectivity index (χ2n) is 6.75. The molecule has 166 valence electrons. The number of carbonyl (C=O) groups excluding carboxylic acids is 3. The van der Waals surface area contributed by atoms with Crippen LogP contribution in [0.15, 0.2) is 71.3 Å². The van der Waals surface area contributed by atoms with Crippen molar-refractivity contribution in [1.82, 2.24) is 10.6 Å². The molecule has 0 saturated carbocycles. The highest BCUT2D eigenvalue weighted by Crippen LogP contribution is 2.18. The topological polar surface area (TPSA) is 110 Å². The predicted molar refractivity (Wildman–Crippen MR) is 115 cm³/mol. The molecule has 9 heteroatoms. The Morgan fingerprint density at radius 3 is 2.28 bits per heavy atom. The Morgan fingerprint density at radius 2 is 1.62 bits per heavy atom. The molecule has 0 aliphatic carbocycles. The van der Waals surface area contributed by atoms with Gasteiger partial charge in [0.1, 0.15) is 0 Å². The molecule has 0 spiro atoms. The molecule has 0 bridgehead atoms. The molecule has 1 atom stereocenters. The zero-order chi connectivity index (χ0) is 22.9. The smallest absolute Gasteiger partial charge is 0.287 e. The highest BCUT2D eigenvalue weighted by molar-refractivity contribution is 5.97. The third-order valence-electron chi connectivity index (χ3n) is 4.37. The Labute approximate surface area is 183 Å². The van der Waals surface area contributed by atoms with Gasteiger partial charge in [0.25, 0.3) is 17.7 Å². The predicted octanol–water partition coefficient (Wildman–Crippen LogP) is 2.98. The summed E-state index contributed by atoms with van der Waals surface area (Å²) in [6.45, 7) is 1.97. The molecule has 2 aromatic carbocycles. The highest BCUT2D eigenvalue weighted by Gasteiger charge is 2.17. The maximum atomic E-state index is 13.7. The third kappa shape index (κ3) is 6.18. The van der Waals surface area contributed by atoms with Crippen LogP contribution in [0.5, 0.6) is 5.75 Å². The summed E-state index contributed by atoms with van der Waals surface area (Å²) in [4.78, 5) is 36.2. The van der Waals surface area contributed by atoms with Crippen molar-refractivity contribution in [3.05, 3.63) is 84.1 Å². The molecule has 3 aromatic rings. The molecular formula is C23H22FN3O5. The van der Waals surface area contributed by atoms with E-state index in [0.717, 1.165) is 0 Å². The molecule has 0 aliphatic heterocycles. The molecule has 0 aliphatic rings. The Bertz CT molecular complexity index is 1070. The number of ether oxygens (including phenoxy) is 1. The fraction of sp³-hybridized carbons (Fsp3) is 0.174. The molecule has 1 heterocycles. The Balaban J connectivity index is 1.43. The maximum Gasteiger partial charge on any atom is 0.287 e. The zero-order valence-corrected chi connectivity index (χ0v) is 17.3. The molecule has 0 radical (unpaired) electrons. The van der Waals surface area contributed by atoms with Crippen LogP contribution in [0, 0.1) is 5.82 Å². The molecule has 32 heavy (non-hydrogen) atoms. The maximum absolute atomic E-state index is 13.7. The minimum absolute atomic E-state index is 0.0116. The van der Waals surface area contributed by atoms with Crippen molar-refractivity contribution in [2.45, 2.75) is 13.0 Å². The van der Waals surface area contributed by atoms with Crippen molar-refractivity contribution in [3.8, 4) is 5.75 Å². The van der Waals surface area contributed by atoms with Crippen LogP contribution >= 0.6 is 0 Å². The number of para-hydroxylation sites is 1. The van der Waals surface area contributed by atoms with Gasteiger partial charge in [0.15, 0.2) is 23.4 Å². The largest absolute Gasteiger partial charge is 0.478 e. The quantitative estimate of drug-likeness (QED) is 0.444. The van der Waals surface area contributed by atoms with E-state index < -0.39 is 17.8 Å². The van der Waals surface area contributed by atoms with Crippen molar-refractivity contribution in [2.24, 2.45) is 0 Å². The molecule has 1 unspecified atom stereocenters. The van der Waals surface area contributed by atoms with Gasteiger partial charge in [-0.15, -0.1) is 0 Å².